The summed E-state index contributed by atoms with van der Waals surface area (Å²) in [6, 6.07) is 5.63. The maximum atomic E-state index is 11.9. The average Bonchev–Trinajstić information content (AvgIpc) is 3.15. The molecule has 0 saturated carbocycles. The lowest BCUT2D eigenvalue weighted by Gasteiger charge is -1.99. The van der Waals surface area contributed by atoms with E-state index in [1.807, 2.05) is 18.2 Å². The van der Waals surface area contributed by atoms with Crippen LogP contribution < -0.4 is 10.6 Å². The normalized spacial score (nSPS) is 10.7. The van der Waals surface area contributed by atoms with Crippen molar-refractivity contribution >= 4 is 23.4 Å². The third-order valence-electron chi connectivity index (χ3n) is 3.27. The summed E-state index contributed by atoms with van der Waals surface area (Å²) in [5.41, 5.74) is 3.15. The number of aromatic nitrogens is 4. The highest BCUT2D eigenvalue weighted by Gasteiger charge is 2.15. The fraction of sp³-hybridized carbons (Fsp3) is 0.214. The second-order valence-electron chi connectivity index (χ2n) is 4.91. The SMILES string of the molecule is Cc1nonc1C(=O)NCc1nc2ccc(CNC=O)cc2[nH]1. The molecule has 0 aliphatic carbocycles. The molecule has 0 unspecified atom stereocenters. The summed E-state index contributed by atoms with van der Waals surface area (Å²) in [5.74, 6) is 0.239. The molecule has 1 aromatic carbocycles. The number of aromatic amines is 1. The van der Waals surface area contributed by atoms with Crippen molar-refractivity contribution in [2.75, 3.05) is 0 Å². The van der Waals surface area contributed by atoms with E-state index in [-0.39, 0.29) is 18.1 Å². The van der Waals surface area contributed by atoms with Crippen LogP contribution in [0.3, 0.4) is 0 Å². The second-order valence-corrected chi connectivity index (χ2v) is 4.91. The van der Waals surface area contributed by atoms with Gasteiger partial charge in [0, 0.05) is 6.54 Å². The first-order valence-corrected chi connectivity index (χ1v) is 6.89. The van der Waals surface area contributed by atoms with E-state index in [9.17, 15) is 9.59 Å². The molecule has 0 spiro atoms. The zero-order valence-electron chi connectivity index (χ0n) is 12.3. The quantitative estimate of drug-likeness (QED) is 0.566. The average molecular weight is 314 g/mol. The van der Waals surface area contributed by atoms with Crippen LogP contribution in [0.4, 0.5) is 0 Å². The minimum absolute atomic E-state index is 0.156. The predicted molar refractivity (Wildman–Crippen MR) is 79.2 cm³/mol. The number of benzene rings is 1. The molecule has 2 amide bonds. The Hall–Kier alpha value is -3.23. The zero-order valence-corrected chi connectivity index (χ0v) is 12.3. The Labute approximate surface area is 130 Å². The van der Waals surface area contributed by atoms with Crippen LogP contribution in [-0.4, -0.2) is 32.6 Å². The number of hydrogen-bond acceptors (Lipinski definition) is 6. The number of nitrogens with zero attached hydrogens (tertiary/aromatic N) is 3. The molecule has 0 radical (unpaired) electrons. The molecule has 0 fully saturated rings. The summed E-state index contributed by atoms with van der Waals surface area (Å²) in [4.78, 5) is 29.8. The van der Waals surface area contributed by atoms with Crippen LogP contribution in [0, 0.1) is 6.92 Å². The second kappa shape index (κ2) is 6.26. The third-order valence-corrected chi connectivity index (χ3v) is 3.27. The summed E-state index contributed by atoms with van der Waals surface area (Å²) in [5, 5.41) is 12.4. The molecule has 0 saturated heterocycles. The molecule has 2 aromatic heterocycles. The molecule has 23 heavy (non-hydrogen) atoms. The number of hydrogen-bond donors (Lipinski definition) is 3. The first-order valence-electron chi connectivity index (χ1n) is 6.89. The van der Waals surface area contributed by atoms with Gasteiger partial charge in [-0.1, -0.05) is 11.2 Å². The Bertz CT molecular complexity index is 853. The van der Waals surface area contributed by atoms with Gasteiger partial charge in [-0.05, 0) is 29.8 Å². The topological polar surface area (TPSA) is 126 Å². The zero-order chi connectivity index (χ0) is 16.2. The fourth-order valence-electron chi connectivity index (χ4n) is 2.15. The summed E-state index contributed by atoms with van der Waals surface area (Å²) < 4.78 is 4.50. The molecule has 0 bridgehead atoms. The first kappa shape index (κ1) is 14.7. The van der Waals surface area contributed by atoms with Crippen LogP contribution in [0.15, 0.2) is 22.8 Å². The van der Waals surface area contributed by atoms with Crippen molar-refractivity contribution < 1.29 is 14.2 Å². The van der Waals surface area contributed by atoms with Crippen LogP contribution in [0.25, 0.3) is 11.0 Å². The Balaban J connectivity index is 1.69. The van der Waals surface area contributed by atoms with Crippen molar-refractivity contribution in [3.05, 3.63) is 41.0 Å². The van der Waals surface area contributed by atoms with Gasteiger partial charge < -0.3 is 15.6 Å². The fourth-order valence-corrected chi connectivity index (χ4v) is 2.15. The van der Waals surface area contributed by atoms with Gasteiger partial charge >= 0.3 is 0 Å². The minimum Gasteiger partial charge on any atom is -0.355 e. The molecule has 118 valence electrons. The van der Waals surface area contributed by atoms with E-state index in [1.165, 1.54) is 0 Å². The van der Waals surface area contributed by atoms with E-state index in [0.29, 0.717) is 24.5 Å². The van der Waals surface area contributed by atoms with Gasteiger partial charge in [-0.15, -0.1) is 0 Å². The summed E-state index contributed by atoms with van der Waals surface area (Å²) in [7, 11) is 0. The predicted octanol–water partition coefficient (Wildman–Crippen LogP) is 0.430. The molecule has 3 N–H and O–H groups in total. The summed E-state index contributed by atoms with van der Waals surface area (Å²) in [6.45, 7) is 2.31. The molecule has 0 aliphatic rings. The number of carbonyl (C=O) groups is 2. The maximum absolute atomic E-state index is 11.9. The molecule has 9 nitrogen and oxygen atoms in total. The number of nitrogens with one attached hydrogen (secondary N) is 3. The molecular formula is C14H14N6O3. The smallest absolute Gasteiger partial charge is 0.275 e. The largest absolute Gasteiger partial charge is 0.355 e. The van der Waals surface area contributed by atoms with Gasteiger partial charge in [-0.2, -0.15) is 0 Å². The lowest BCUT2D eigenvalue weighted by atomic mass is 10.2. The highest BCUT2D eigenvalue weighted by atomic mass is 16.6. The van der Waals surface area contributed by atoms with Crippen molar-refractivity contribution in [1.82, 2.24) is 30.9 Å². The van der Waals surface area contributed by atoms with E-state index in [0.717, 1.165) is 16.6 Å². The van der Waals surface area contributed by atoms with Crippen molar-refractivity contribution in [2.24, 2.45) is 0 Å². The van der Waals surface area contributed by atoms with E-state index >= 15 is 0 Å². The summed E-state index contributed by atoms with van der Waals surface area (Å²) in [6.07, 6.45) is 0.652. The van der Waals surface area contributed by atoms with Crippen molar-refractivity contribution in [2.45, 2.75) is 20.0 Å². The molecule has 2 heterocycles. The van der Waals surface area contributed by atoms with Crippen LogP contribution >= 0.6 is 0 Å². The van der Waals surface area contributed by atoms with Crippen molar-refractivity contribution in [3.63, 3.8) is 0 Å². The molecule has 0 aliphatic heterocycles. The number of carbonyl (C=O) groups excluding carboxylic acids is 2. The van der Waals surface area contributed by atoms with Crippen LogP contribution in [0.5, 0.6) is 0 Å². The Morgan fingerprint density at radius 3 is 2.96 bits per heavy atom. The number of rotatable bonds is 6. The van der Waals surface area contributed by atoms with Crippen molar-refractivity contribution in [3.8, 4) is 0 Å². The molecule has 3 aromatic rings. The van der Waals surface area contributed by atoms with E-state index in [2.05, 4.69) is 35.5 Å². The Kier molecular flexibility index (Phi) is 4.00. The van der Waals surface area contributed by atoms with E-state index < -0.39 is 0 Å². The molecule has 0 atom stereocenters. The van der Waals surface area contributed by atoms with Gasteiger partial charge in [0.25, 0.3) is 5.91 Å². The monoisotopic (exact) mass is 314 g/mol. The highest BCUT2D eigenvalue weighted by molar-refractivity contribution is 5.92. The van der Waals surface area contributed by atoms with Crippen molar-refractivity contribution in [1.29, 1.82) is 0 Å². The number of imidazole rings is 1. The minimum atomic E-state index is -0.375. The van der Waals surface area contributed by atoms with Crippen LogP contribution in [0.2, 0.25) is 0 Å². The number of fused-ring (bicyclic) bond motifs is 1. The molecular weight excluding hydrogens is 300 g/mol. The van der Waals surface area contributed by atoms with E-state index in [1.54, 1.807) is 6.92 Å². The molecule has 9 heteroatoms. The van der Waals surface area contributed by atoms with Gasteiger partial charge in [0.05, 0.1) is 17.6 Å². The number of amides is 2. The number of aryl methyl sites for hydroxylation is 1. The maximum Gasteiger partial charge on any atom is 0.275 e. The van der Waals surface area contributed by atoms with Gasteiger partial charge in [0.2, 0.25) is 6.41 Å². The van der Waals surface area contributed by atoms with Crippen LogP contribution in [-0.2, 0) is 17.9 Å². The van der Waals surface area contributed by atoms with Gasteiger partial charge in [0.15, 0.2) is 5.69 Å². The third kappa shape index (κ3) is 3.18. The van der Waals surface area contributed by atoms with Gasteiger partial charge in [0.1, 0.15) is 11.5 Å². The first-order chi connectivity index (χ1) is 11.2. The lowest BCUT2D eigenvalue weighted by molar-refractivity contribution is -0.109. The Morgan fingerprint density at radius 2 is 2.22 bits per heavy atom. The lowest BCUT2D eigenvalue weighted by Crippen LogP contribution is -2.24. The Morgan fingerprint density at radius 1 is 1.35 bits per heavy atom. The highest BCUT2D eigenvalue weighted by Crippen LogP contribution is 2.14. The summed E-state index contributed by atoms with van der Waals surface area (Å²) >= 11 is 0. The number of H-pyrrole nitrogens is 1. The van der Waals surface area contributed by atoms with Gasteiger partial charge in [-0.3, -0.25) is 9.59 Å². The van der Waals surface area contributed by atoms with E-state index in [4.69, 9.17) is 0 Å². The van der Waals surface area contributed by atoms with Crippen LogP contribution in [0.1, 0.15) is 27.6 Å². The van der Waals surface area contributed by atoms with Gasteiger partial charge in [-0.25, -0.2) is 9.61 Å². The standard InChI is InChI=1S/C14H14N6O3/c1-8-13(20-23-19-8)14(22)16-6-12-17-10-3-2-9(5-15-7-21)4-11(10)18-12/h2-4,7H,5-6H2,1H3,(H,15,21)(H,16,22)(H,17,18). The molecule has 3 rings (SSSR count).